The second-order valence-corrected chi connectivity index (χ2v) is 10.4. The molecule has 2 aromatic carbocycles. The SMILES string of the molecule is CCOC(=O)C1(CCCOC)CNC(=O)CN(C(=O)Cc2c(F)cccc2Cl)CCNC(=O)COc2cccc(c2)C1. The minimum absolute atomic E-state index is 0.00904. The molecule has 0 spiro atoms. The Labute approximate surface area is 249 Å². The number of benzene rings is 2. The number of nitrogens with one attached hydrogen (secondary N) is 2. The van der Waals surface area contributed by atoms with E-state index in [-0.39, 0.29) is 62.8 Å². The van der Waals surface area contributed by atoms with Crippen LogP contribution in [0.25, 0.3) is 0 Å². The van der Waals surface area contributed by atoms with Crippen LogP contribution in [0, 0.1) is 11.2 Å². The van der Waals surface area contributed by atoms with Crippen molar-refractivity contribution in [2.24, 2.45) is 5.41 Å². The number of rotatable bonds is 8. The minimum atomic E-state index is -1.15. The molecule has 1 atom stereocenters. The fraction of sp³-hybridized carbons (Fsp3) is 0.467. The van der Waals surface area contributed by atoms with Gasteiger partial charge < -0.3 is 29.7 Å². The second-order valence-electron chi connectivity index (χ2n) is 10.0. The fourth-order valence-electron chi connectivity index (χ4n) is 4.74. The number of ether oxygens (including phenoxy) is 3. The summed E-state index contributed by atoms with van der Waals surface area (Å²) < 4.78 is 30.8. The van der Waals surface area contributed by atoms with Gasteiger partial charge in [0.1, 0.15) is 11.6 Å². The van der Waals surface area contributed by atoms with Crippen molar-refractivity contribution in [2.45, 2.75) is 32.6 Å². The number of nitrogens with zero attached hydrogens (tertiary/aromatic N) is 1. The van der Waals surface area contributed by atoms with Crippen LogP contribution in [0.3, 0.4) is 0 Å². The van der Waals surface area contributed by atoms with Gasteiger partial charge in [-0.15, -0.1) is 0 Å². The van der Waals surface area contributed by atoms with Gasteiger partial charge in [-0.3, -0.25) is 19.2 Å². The molecule has 1 aliphatic rings. The van der Waals surface area contributed by atoms with E-state index in [9.17, 15) is 23.6 Å². The Hall–Kier alpha value is -3.70. The molecule has 2 N–H and O–H groups in total. The Balaban J connectivity index is 1.91. The third-order valence-corrected chi connectivity index (χ3v) is 7.28. The molecule has 10 nitrogen and oxygen atoms in total. The van der Waals surface area contributed by atoms with Crippen LogP contribution in [0.1, 0.15) is 30.9 Å². The molecule has 0 fully saturated rings. The molecule has 0 saturated carbocycles. The number of methoxy groups -OCH3 is 1. The number of hydrogen-bond acceptors (Lipinski definition) is 7. The normalized spacial score (nSPS) is 18.4. The number of amides is 3. The summed E-state index contributed by atoms with van der Waals surface area (Å²) in [5.74, 6) is -2.20. The van der Waals surface area contributed by atoms with Gasteiger partial charge in [0.2, 0.25) is 11.8 Å². The van der Waals surface area contributed by atoms with Crippen LogP contribution in [-0.4, -0.2) is 81.7 Å². The number of carbonyl (C=O) groups excluding carboxylic acids is 4. The molecule has 1 aliphatic heterocycles. The molecule has 42 heavy (non-hydrogen) atoms. The number of halogens is 2. The number of esters is 1. The third kappa shape index (κ3) is 9.42. The first kappa shape index (κ1) is 32.8. The summed E-state index contributed by atoms with van der Waals surface area (Å²) in [5, 5.41) is 5.57. The highest BCUT2D eigenvalue weighted by Crippen LogP contribution is 2.32. The lowest BCUT2D eigenvalue weighted by atomic mass is 9.77. The van der Waals surface area contributed by atoms with Gasteiger partial charge in [0.05, 0.1) is 25.0 Å². The van der Waals surface area contributed by atoms with E-state index >= 15 is 0 Å². The van der Waals surface area contributed by atoms with E-state index in [2.05, 4.69) is 10.6 Å². The lowest BCUT2D eigenvalue weighted by Crippen LogP contribution is -2.50. The van der Waals surface area contributed by atoms with Crippen LogP contribution in [0.5, 0.6) is 5.75 Å². The van der Waals surface area contributed by atoms with Gasteiger partial charge in [-0.1, -0.05) is 29.8 Å². The van der Waals surface area contributed by atoms with E-state index < -0.39 is 34.9 Å². The van der Waals surface area contributed by atoms with Gasteiger partial charge in [0.25, 0.3) is 5.91 Å². The quantitative estimate of drug-likeness (QED) is 0.350. The molecule has 0 radical (unpaired) electrons. The molecule has 0 aromatic heterocycles. The summed E-state index contributed by atoms with van der Waals surface area (Å²) in [4.78, 5) is 53.6. The van der Waals surface area contributed by atoms with Crippen LogP contribution in [0.4, 0.5) is 4.39 Å². The average Bonchev–Trinajstić information content (AvgIpc) is 2.96. The Kier molecular flexibility index (Phi) is 12.6. The van der Waals surface area contributed by atoms with Crippen molar-refractivity contribution in [3.63, 3.8) is 0 Å². The fourth-order valence-corrected chi connectivity index (χ4v) is 4.97. The third-order valence-electron chi connectivity index (χ3n) is 6.93. The molecule has 2 bridgehead atoms. The Morgan fingerprint density at radius 1 is 1.14 bits per heavy atom. The zero-order chi connectivity index (χ0) is 30.5. The number of fused-ring (bicyclic) bond motifs is 2. The molecule has 3 amide bonds. The standard InChI is InChI=1S/C30H37ClFN3O7/c1-3-41-29(39)30(11-6-14-40-2)17-21-7-4-8-22(15-21)42-19-27(37)33-12-13-35(18-26(36)34-20-30)28(38)16-23-24(31)9-5-10-25(23)32/h4-5,7-10,15H,3,6,11-14,16-20H2,1-2H3,(H,33,37)(H,34,36). The maximum Gasteiger partial charge on any atom is 0.314 e. The van der Waals surface area contributed by atoms with Crippen molar-refractivity contribution >= 4 is 35.3 Å². The van der Waals surface area contributed by atoms with Crippen molar-refractivity contribution in [3.05, 3.63) is 64.4 Å². The number of hydrogen-bond donors (Lipinski definition) is 2. The summed E-state index contributed by atoms with van der Waals surface area (Å²) in [6.45, 7) is 1.53. The van der Waals surface area contributed by atoms with Crippen LogP contribution in [0.15, 0.2) is 42.5 Å². The van der Waals surface area contributed by atoms with Gasteiger partial charge in [-0.05, 0) is 56.0 Å². The van der Waals surface area contributed by atoms with Gasteiger partial charge in [-0.25, -0.2) is 4.39 Å². The van der Waals surface area contributed by atoms with Gasteiger partial charge in [-0.2, -0.15) is 0 Å². The summed E-state index contributed by atoms with van der Waals surface area (Å²) in [7, 11) is 1.56. The summed E-state index contributed by atoms with van der Waals surface area (Å²) in [6.07, 6.45) is 0.708. The van der Waals surface area contributed by atoms with Crippen molar-refractivity contribution < 1.29 is 37.8 Å². The van der Waals surface area contributed by atoms with Crippen molar-refractivity contribution in [3.8, 4) is 5.75 Å². The lowest BCUT2D eigenvalue weighted by molar-refractivity contribution is -0.156. The van der Waals surface area contributed by atoms with Gasteiger partial charge in [0.15, 0.2) is 6.61 Å². The molecular formula is C30H37ClFN3O7. The first-order chi connectivity index (χ1) is 20.2. The van der Waals surface area contributed by atoms with Crippen LogP contribution in [-0.2, 0) is 41.5 Å². The highest BCUT2D eigenvalue weighted by Gasteiger charge is 2.40. The summed E-state index contributed by atoms with van der Waals surface area (Å²) in [6, 6.07) is 11.2. The smallest absolute Gasteiger partial charge is 0.314 e. The zero-order valence-electron chi connectivity index (χ0n) is 23.9. The highest BCUT2D eigenvalue weighted by molar-refractivity contribution is 6.31. The van der Waals surface area contributed by atoms with Crippen molar-refractivity contribution in [1.82, 2.24) is 15.5 Å². The van der Waals surface area contributed by atoms with Crippen molar-refractivity contribution in [1.29, 1.82) is 0 Å². The van der Waals surface area contributed by atoms with E-state index in [1.54, 1.807) is 32.2 Å². The molecule has 228 valence electrons. The maximum atomic E-state index is 14.4. The first-order valence-electron chi connectivity index (χ1n) is 13.8. The Morgan fingerprint density at radius 3 is 2.67 bits per heavy atom. The predicted molar refractivity (Wildman–Crippen MR) is 154 cm³/mol. The van der Waals surface area contributed by atoms with Crippen LogP contribution < -0.4 is 15.4 Å². The van der Waals surface area contributed by atoms with Gasteiger partial charge in [0, 0.05) is 43.9 Å². The molecule has 0 saturated heterocycles. The van der Waals surface area contributed by atoms with E-state index in [1.807, 2.05) is 6.07 Å². The average molecular weight is 606 g/mol. The molecule has 1 unspecified atom stereocenters. The molecule has 12 heteroatoms. The molecule has 0 aliphatic carbocycles. The molecule has 1 heterocycles. The molecule has 3 rings (SSSR count). The summed E-state index contributed by atoms with van der Waals surface area (Å²) >= 11 is 6.12. The Bertz CT molecular complexity index is 1240. The predicted octanol–water partition coefficient (Wildman–Crippen LogP) is 2.69. The first-order valence-corrected chi connectivity index (χ1v) is 14.2. The van der Waals surface area contributed by atoms with Gasteiger partial charge >= 0.3 is 5.97 Å². The molecular weight excluding hydrogens is 569 g/mol. The van der Waals surface area contributed by atoms with Crippen LogP contribution >= 0.6 is 11.6 Å². The highest BCUT2D eigenvalue weighted by atomic mass is 35.5. The topological polar surface area (TPSA) is 123 Å². The Morgan fingerprint density at radius 2 is 1.93 bits per heavy atom. The van der Waals surface area contributed by atoms with Crippen LogP contribution in [0.2, 0.25) is 5.02 Å². The second kappa shape index (κ2) is 16.1. The largest absolute Gasteiger partial charge is 0.484 e. The monoisotopic (exact) mass is 605 g/mol. The summed E-state index contributed by atoms with van der Waals surface area (Å²) in [5.41, 5.74) is -0.389. The maximum absolute atomic E-state index is 14.4. The zero-order valence-corrected chi connectivity index (χ0v) is 24.6. The lowest BCUT2D eigenvalue weighted by Gasteiger charge is -2.32. The minimum Gasteiger partial charge on any atom is -0.484 e. The van der Waals surface area contributed by atoms with E-state index in [4.69, 9.17) is 25.8 Å². The van der Waals surface area contributed by atoms with E-state index in [0.29, 0.717) is 25.2 Å². The van der Waals surface area contributed by atoms with E-state index in [1.165, 1.54) is 23.1 Å². The molecule has 2 aromatic rings. The number of carbonyl (C=O) groups is 4. The van der Waals surface area contributed by atoms with Crippen molar-refractivity contribution in [2.75, 3.05) is 53.1 Å². The van der Waals surface area contributed by atoms with E-state index in [0.717, 1.165) is 5.56 Å².